The van der Waals surface area contributed by atoms with Crippen LogP contribution in [0.5, 0.6) is 0 Å². The zero-order valence-electron chi connectivity index (χ0n) is 13.7. The predicted octanol–water partition coefficient (Wildman–Crippen LogP) is 1.65. The normalized spacial score (nSPS) is 10.7. The largest absolute Gasteiger partial charge is 0.368 e. The lowest BCUT2D eigenvalue weighted by atomic mass is 10.2. The highest BCUT2D eigenvalue weighted by molar-refractivity contribution is 6.35. The van der Waals surface area contributed by atoms with E-state index in [1.807, 2.05) is 12.1 Å². The van der Waals surface area contributed by atoms with Gasteiger partial charge in [-0.15, -0.1) is 0 Å². The van der Waals surface area contributed by atoms with Gasteiger partial charge in [-0.1, -0.05) is 29.8 Å². The maximum atomic E-state index is 12.3. The topological polar surface area (TPSA) is 110 Å². The summed E-state index contributed by atoms with van der Waals surface area (Å²) < 4.78 is 0. The fourth-order valence-corrected chi connectivity index (χ4v) is 2.42. The molecule has 0 saturated carbocycles. The highest BCUT2D eigenvalue weighted by atomic mass is 35.5. The molecule has 0 spiro atoms. The van der Waals surface area contributed by atoms with Crippen molar-refractivity contribution in [3.8, 4) is 0 Å². The van der Waals surface area contributed by atoms with E-state index < -0.39 is 0 Å². The van der Waals surface area contributed by atoms with E-state index in [0.29, 0.717) is 22.3 Å². The van der Waals surface area contributed by atoms with E-state index in [2.05, 4.69) is 25.3 Å². The quantitative estimate of drug-likeness (QED) is 0.730. The van der Waals surface area contributed by atoms with Gasteiger partial charge in [0, 0.05) is 19.5 Å². The molecule has 0 atom stereocenters. The molecule has 0 saturated heterocycles. The summed E-state index contributed by atoms with van der Waals surface area (Å²) >= 11 is 6.13. The number of nitrogens with one attached hydrogen (secondary N) is 1. The van der Waals surface area contributed by atoms with Crippen LogP contribution >= 0.6 is 11.6 Å². The summed E-state index contributed by atoms with van der Waals surface area (Å²) in [7, 11) is 3.58. The summed E-state index contributed by atoms with van der Waals surface area (Å²) in [5, 5.41) is 4.08. The molecule has 2 aromatic heterocycles. The number of carbonyl (C=O) groups is 1. The van der Waals surface area contributed by atoms with Gasteiger partial charge in [-0.05, 0) is 12.1 Å². The molecule has 3 rings (SSSR count). The smallest absolute Gasteiger partial charge is 0.270 e. The van der Waals surface area contributed by atoms with Crippen molar-refractivity contribution in [3.63, 3.8) is 0 Å². The lowest BCUT2D eigenvalue weighted by molar-refractivity contribution is 0.0945. The molecule has 128 valence electrons. The first-order chi connectivity index (χ1) is 11.9. The van der Waals surface area contributed by atoms with Gasteiger partial charge in [-0.25, -0.2) is 4.98 Å². The van der Waals surface area contributed by atoms with Crippen LogP contribution in [0.3, 0.4) is 0 Å². The first kappa shape index (κ1) is 16.8. The van der Waals surface area contributed by atoms with Crippen LogP contribution in [0.2, 0.25) is 5.02 Å². The minimum absolute atomic E-state index is 0.0959. The van der Waals surface area contributed by atoms with Crippen molar-refractivity contribution in [1.29, 1.82) is 0 Å². The Bertz CT molecular complexity index is 945. The number of hydrogen-bond acceptors (Lipinski definition) is 7. The van der Waals surface area contributed by atoms with Crippen LogP contribution < -0.4 is 16.0 Å². The predicted molar refractivity (Wildman–Crippen MR) is 96.5 cm³/mol. The van der Waals surface area contributed by atoms with Gasteiger partial charge in [0.05, 0.1) is 17.1 Å². The standard InChI is InChI=1S/C16H16ClN7O/c1-24(2)16-22-12(21-15(18)23-16)8-19-14(25)11-7-6-9-4-3-5-10(17)13(9)20-11/h3-7H,8H2,1-2H3,(H,19,25)(H2,18,21,22,23). The fourth-order valence-electron chi connectivity index (χ4n) is 2.19. The van der Waals surface area contributed by atoms with Gasteiger partial charge < -0.3 is 16.0 Å². The maximum absolute atomic E-state index is 12.3. The summed E-state index contributed by atoms with van der Waals surface area (Å²) in [6.45, 7) is 0.106. The second-order valence-electron chi connectivity index (χ2n) is 5.49. The fraction of sp³-hybridized carbons (Fsp3) is 0.188. The number of nitrogens with zero attached hydrogens (tertiary/aromatic N) is 5. The second-order valence-corrected chi connectivity index (χ2v) is 5.90. The van der Waals surface area contributed by atoms with Gasteiger partial charge in [0.1, 0.15) is 5.69 Å². The molecule has 3 aromatic rings. The molecule has 0 aliphatic rings. The molecule has 0 fully saturated rings. The van der Waals surface area contributed by atoms with Crippen LogP contribution in [-0.2, 0) is 6.54 Å². The molecule has 1 aromatic carbocycles. The number of amides is 1. The molecule has 1 amide bonds. The van der Waals surface area contributed by atoms with Crippen LogP contribution in [0.15, 0.2) is 30.3 Å². The summed E-state index contributed by atoms with van der Waals surface area (Å²) in [4.78, 5) is 30.6. The average molecular weight is 358 g/mol. The summed E-state index contributed by atoms with van der Waals surface area (Å²) in [5.74, 6) is 0.529. The van der Waals surface area contributed by atoms with Crippen molar-refractivity contribution in [3.05, 3.63) is 46.9 Å². The zero-order chi connectivity index (χ0) is 18.0. The number of pyridine rings is 1. The van der Waals surface area contributed by atoms with Crippen LogP contribution in [0.4, 0.5) is 11.9 Å². The molecule has 0 aliphatic carbocycles. The molecule has 3 N–H and O–H groups in total. The Morgan fingerprint density at radius 1 is 1.16 bits per heavy atom. The number of carbonyl (C=O) groups excluding carboxylic acids is 1. The van der Waals surface area contributed by atoms with E-state index in [9.17, 15) is 4.79 Å². The third kappa shape index (κ3) is 3.74. The first-order valence-electron chi connectivity index (χ1n) is 7.45. The lowest BCUT2D eigenvalue weighted by Gasteiger charge is -2.11. The first-order valence-corrected chi connectivity index (χ1v) is 7.83. The lowest BCUT2D eigenvalue weighted by Crippen LogP contribution is -2.26. The van der Waals surface area contributed by atoms with Gasteiger partial charge in [0.2, 0.25) is 11.9 Å². The third-order valence-corrected chi connectivity index (χ3v) is 3.70. The molecular formula is C16H16ClN7O. The van der Waals surface area contributed by atoms with Crippen molar-refractivity contribution in [2.24, 2.45) is 0 Å². The summed E-state index contributed by atoms with van der Waals surface area (Å²) in [5.41, 5.74) is 6.50. The Morgan fingerprint density at radius 2 is 1.96 bits per heavy atom. The van der Waals surface area contributed by atoms with E-state index >= 15 is 0 Å². The average Bonchev–Trinajstić information content (AvgIpc) is 2.59. The van der Waals surface area contributed by atoms with Crippen LogP contribution in [-0.4, -0.2) is 39.9 Å². The van der Waals surface area contributed by atoms with E-state index in [-0.39, 0.29) is 24.1 Å². The summed E-state index contributed by atoms with van der Waals surface area (Å²) in [6, 6.07) is 8.88. The van der Waals surface area contributed by atoms with Gasteiger partial charge in [0.15, 0.2) is 5.82 Å². The molecule has 25 heavy (non-hydrogen) atoms. The number of rotatable bonds is 4. The Kier molecular flexibility index (Phi) is 4.62. The molecule has 0 unspecified atom stereocenters. The van der Waals surface area contributed by atoms with Crippen LogP contribution in [0, 0.1) is 0 Å². The Hall–Kier alpha value is -3.00. The number of hydrogen-bond donors (Lipinski definition) is 2. The van der Waals surface area contributed by atoms with Gasteiger partial charge in [0.25, 0.3) is 5.91 Å². The Labute approximate surface area is 149 Å². The number of nitrogen functional groups attached to an aromatic ring is 1. The number of benzene rings is 1. The van der Waals surface area contributed by atoms with Crippen molar-refractivity contribution in [2.45, 2.75) is 6.54 Å². The SMILES string of the molecule is CN(C)c1nc(N)nc(CNC(=O)c2ccc3cccc(Cl)c3n2)n1. The number of halogens is 1. The van der Waals surface area contributed by atoms with Crippen LogP contribution in [0.25, 0.3) is 10.9 Å². The highest BCUT2D eigenvalue weighted by Gasteiger charge is 2.12. The molecule has 0 aliphatic heterocycles. The third-order valence-electron chi connectivity index (χ3n) is 3.40. The maximum Gasteiger partial charge on any atom is 0.270 e. The van der Waals surface area contributed by atoms with Crippen molar-refractivity contribution < 1.29 is 4.79 Å². The van der Waals surface area contributed by atoms with Crippen molar-refractivity contribution in [2.75, 3.05) is 24.7 Å². The second kappa shape index (κ2) is 6.86. The Balaban J connectivity index is 1.78. The van der Waals surface area contributed by atoms with Crippen LogP contribution in [0.1, 0.15) is 16.3 Å². The van der Waals surface area contributed by atoms with Crippen molar-refractivity contribution >= 4 is 40.3 Å². The zero-order valence-corrected chi connectivity index (χ0v) is 14.4. The number of aromatic nitrogens is 4. The number of nitrogens with two attached hydrogens (primary N) is 1. The molecule has 0 radical (unpaired) electrons. The molecule has 9 heteroatoms. The minimum atomic E-state index is -0.354. The summed E-state index contributed by atoms with van der Waals surface area (Å²) in [6.07, 6.45) is 0. The number of para-hydroxylation sites is 1. The van der Waals surface area contributed by atoms with E-state index in [1.54, 1.807) is 37.2 Å². The van der Waals surface area contributed by atoms with E-state index in [1.165, 1.54) is 0 Å². The number of fused-ring (bicyclic) bond motifs is 1. The van der Waals surface area contributed by atoms with E-state index in [0.717, 1.165) is 5.39 Å². The van der Waals surface area contributed by atoms with E-state index in [4.69, 9.17) is 17.3 Å². The monoisotopic (exact) mass is 357 g/mol. The molecule has 8 nitrogen and oxygen atoms in total. The molecule has 0 bridgehead atoms. The van der Waals surface area contributed by atoms with Gasteiger partial charge in [-0.2, -0.15) is 15.0 Å². The molecular weight excluding hydrogens is 342 g/mol. The van der Waals surface area contributed by atoms with Crippen molar-refractivity contribution in [1.82, 2.24) is 25.3 Å². The minimum Gasteiger partial charge on any atom is -0.368 e. The highest BCUT2D eigenvalue weighted by Crippen LogP contribution is 2.21. The van der Waals surface area contributed by atoms with Gasteiger partial charge in [-0.3, -0.25) is 4.79 Å². The van der Waals surface area contributed by atoms with Gasteiger partial charge >= 0.3 is 0 Å². The Morgan fingerprint density at radius 3 is 2.72 bits per heavy atom. The number of anilines is 2. The molecule has 2 heterocycles.